The van der Waals surface area contributed by atoms with E-state index >= 15 is 0 Å². The Balaban J connectivity index is 1.53. The Bertz CT molecular complexity index is 898. The highest BCUT2D eigenvalue weighted by Crippen LogP contribution is 2.22. The summed E-state index contributed by atoms with van der Waals surface area (Å²) in [6.07, 6.45) is 0. The van der Waals surface area contributed by atoms with E-state index < -0.39 is 21.7 Å². The van der Waals surface area contributed by atoms with Gasteiger partial charge in [0.15, 0.2) is 11.6 Å². The van der Waals surface area contributed by atoms with Crippen LogP contribution in [0.5, 0.6) is 5.75 Å². The van der Waals surface area contributed by atoms with Crippen LogP contribution in [-0.2, 0) is 10.0 Å². The van der Waals surface area contributed by atoms with E-state index in [-0.39, 0.29) is 10.6 Å². The van der Waals surface area contributed by atoms with E-state index in [1.807, 2.05) is 0 Å². The van der Waals surface area contributed by atoms with Crippen LogP contribution in [0.4, 0.5) is 8.78 Å². The van der Waals surface area contributed by atoms with Gasteiger partial charge in [-0.15, -0.1) is 0 Å². The van der Waals surface area contributed by atoms with Gasteiger partial charge in [0.25, 0.3) is 0 Å². The number of halogens is 2. The van der Waals surface area contributed by atoms with Crippen LogP contribution < -0.4 is 4.74 Å². The second-order valence-electron chi connectivity index (χ2n) is 6.43. The molecule has 1 aliphatic heterocycles. The van der Waals surface area contributed by atoms with Gasteiger partial charge in [-0.3, -0.25) is 4.90 Å². The smallest absolute Gasteiger partial charge is 0.243 e. The number of piperazine rings is 1. The van der Waals surface area contributed by atoms with Gasteiger partial charge in [-0.25, -0.2) is 17.2 Å². The zero-order valence-corrected chi connectivity index (χ0v) is 15.9. The third-order valence-electron chi connectivity index (χ3n) is 4.59. The average molecular weight is 396 g/mol. The fourth-order valence-electron chi connectivity index (χ4n) is 3.08. The molecule has 0 saturated carbocycles. The molecule has 0 aliphatic carbocycles. The molecule has 0 aromatic heterocycles. The molecule has 0 radical (unpaired) electrons. The first-order valence-corrected chi connectivity index (χ1v) is 10.2. The first kappa shape index (κ1) is 19.7. The lowest BCUT2D eigenvalue weighted by molar-refractivity contribution is 0.157. The summed E-state index contributed by atoms with van der Waals surface area (Å²) < 4.78 is 59.2. The highest BCUT2D eigenvalue weighted by atomic mass is 32.2. The van der Waals surface area contributed by atoms with Crippen LogP contribution >= 0.6 is 0 Å². The summed E-state index contributed by atoms with van der Waals surface area (Å²) in [5.41, 5.74) is 0.399. The van der Waals surface area contributed by atoms with Crippen molar-refractivity contribution in [3.63, 3.8) is 0 Å². The Morgan fingerprint density at radius 3 is 2.41 bits per heavy atom. The molecular weight excluding hydrogens is 374 g/mol. The largest absolute Gasteiger partial charge is 0.489 e. The number of benzene rings is 2. The van der Waals surface area contributed by atoms with Crippen molar-refractivity contribution in [1.82, 2.24) is 9.21 Å². The predicted octanol–water partition coefficient (Wildman–Crippen LogP) is 2.66. The summed E-state index contributed by atoms with van der Waals surface area (Å²) in [5.74, 6) is -0.639. The Kier molecular flexibility index (Phi) is 6.08. The van der Waals surface area contributed by atoms with Crippen molar-refractivity contribution < 1.29 is 21.9 Å². The summed E-state index contributed by atoms with van der Waals surface area (Å²) in [4.78, 5) is 2.21. The van der Waals surface area contributed by atoms with Crippen LogP contribution in [0, 0.1) is 18.6 Å². The van der Waals surface area contributed by atoms with Crippen molar-refractivity contribution in [2.45, 2.75) is 11.8 Å². The van der Waals surface area contributed by atoms with Gasteiger partial charge in [0.1, 0.15) is 12.4 Å². The molecule has 0 N–H and O–H groups in total. The van der Waals surface area contributed by atoms with Crippen molar-refractivity contribution in [2.24, 2.45) is 0 Å². The van der Waals surface area contributed by atoms with E-state index in [1.165, 1.54) is 22.5 Å². The third-order valence-corrected chi connectivity index (χ3v) is 6.65. The summed E-state index contributed by atoms with van der Waals surface area (Å²) in [6.45, 7) is 4.30. The van der Waals surface area contributed by atoms with Gasteiger partial charge < -0.3 is 4.74 Å². The van der Waals surface area contributed by atoms with Crippen LogP contribution in [0.25, 0.3) is 0 Å². The quantitative estimate of drug-likeness (QED) is 0.753. The molecule has 1 saturated heterocycles. The molecule has 5 nitrogen and oxygen atoms in total. The minimum Gasteiger partial charge on any atom is -0.489 e. The molecule has 2 aromatic rings. The summed E-state index contributed by atoms with van der Waals surface area (Å²) in [5, 5.41) is 0. The number of rotatable bonds is 6. The van der Waals surface area contributed by atoms with Gasteiger partial charge >= 0.3 is 0 Å². The number of hydrogen-bond donors (Lipinski definition) is 0. The lowest BCUT2D eigenvalue weighted by atomic mass is 10.2. The van der Waals surface area contributed by atoms with Crippen molar-refractivity contribution >= 4 is 10.0 Å². The molecule has 0 spiro atoms. The van der Waals surface area contributed by atoms with Crippen molar-refractivity contribution in [1.29, 1.82) is 0 Å². The number of para-hydroxylation sites is 1. The lowest BCUT2D eigenvalue weighted by Gasteiger charge is -2.34. The second kappa shape index (κ2) is 8.33. The van der Waals surface area contributed by atoms with E-state index in [9.17, 15) is 17.2 Å². The van der Waals surface area contributed by atoms with Crippen LogP contribution in [0.15, 0.2) is 47.4 Å². The van der Waals surface area contributed by atoms with Gasteiger partial charge in [0.05, 0.1) is 4.90 Å². The van der Waals surface area contributed by atoms with Gasteiger partial charge in [-0.1, -0.05) is 12.1 Å². The van der Waals surface area contributed by atoms with Gasteiger partial charge in [0.2, 0.25) is 10.0 Å². The van der Waals surface area contributed by atoms with E-state index in [1.54, 1.807) is 25.1 Å². The van der Waals surface area contributed by atoms with Crippen molar-refractivity contribution in [3.05, 3.63) is 59.7 Å². The maximum absolute atomic E-state index is 13.5. The Labute approximate surface area is 158 Å². The SMILES string of the molecule is Cc1cc(F)ccc1S(=O)(=O)N1CCN(CCOc2ccccc2F)CC1. The van der Waals surface area contributed by atoms with E-state index in [0.717, 1.165) is 6.07 Å². The maximum Gasteiger partial charge on any atom is 0.243 e. The van der Waals surface area contributed by atoms with Crippen molar-refractivity contribution in [2.75, 3.05) is 39.3 Å². The molecule has 1 heterocycles. The van der Waals surface area contributed by atoms with Crippen LogP contribution in [0.3, 0.4) is 0 Å². The second-order valence-corrected chi connectivity index (χ2v) is 8.34. The standard InChI is InChI=1S/C19H22F2N2O3S/c1-15-14-16(20)6-7-19(15)27(24,25)23-10-8-22(9-11-23)12-13-26-18-5-3-2-4-17(18)21/h2-7,14H,8-13H2,1H3. The summed E-state index contributed by atoms with van der Waals surface area (Å²) in [7, 11) is -3.64. The molecule has 0 unspecified atom stereocenters. The molecule has 1 aliphatic rings. The molecule has 0 bridgehead atoms. The number of aryl methyl sites for hydroxylation is 1. The Morgan fingerprint density at radius 1 is 1.04 bits per heavy atom. The molecule has 3 rings (SSSR count). The molecular formula is C19H22F2N2O3S. The van der Waals surface area contributed by atoms with Crippen LogP contribution in [-0.4, -0.2) is 57.0 Å². The maximum atomic E-state index is 13.5. The number of nitrogens with zero attached hydrogens (tertiary/aromatic N) is 2. The van der Waals surface area contributed by atoms with Crippen LogP contribution in [0.1, 0.15) is 5.56 Å². The van der Waals surface area contributed by atoms with Crippen molar-refractivity contribution in [3.8, 4) is 5.75 Å². The minimum absolute atomic E-state index is 0.139. The molecule has 0 amide bonds. The fourth-order valence-corrected chi connectivity index (χ4v) is 4.71. The third kappa shape index (κ3) is 4.63. The molecule has 8 heteroatoms. The zero-order valence-electron chi connectivity index (χ0n) is 15.1. The first-order chi connectivity index (χ1) is 12.9. The fraction of sp³-hybridized carbons (Fsp3) is 0.368. The highest BCUT2D eigenvalue weighted by Gasteiger charge is 2.29. The molecule has 27 heavy (non-hydrogen) atoms. The normalized spacial score (nSPS) is 16.4. The topological polar surface area (TPSA) is 49.9 Å². The molecule has 1 fully saturated rings. The predicted molar refractivity (Wildman–Crippen MR) is 98.2 cm³/mol. The molecule has 0 atom stereocenters. The Hall–Kier alpha value is -2.03. The molecule has 146 valence electrons. The van der Waals surface area contributed by atoms with Gasteiger partial charge in [-0.2, -0.15) is 4.31 Å². The van der Waals surface area contributed by atoms with E-state index in [4.69, 9.17) is 4.74 Å². The minimum atomic E-state index is -3.64. The van der Waals surface area contributed by atoms with E-state index in [0.29, 0.717) is 44.9 Å². The number of hydrogen-bond acceptors (Lipinski definition) is 4. The van der Waals surface area contributed by atoms with E-state index in [2.05, 4.69) is 4.90 Å². The highest BCUT2D eigenvalue weighted by molar-refractivity contribution is 7.89. The summed E-state index contributed by atoms with van der Waals surface area (Å²) in [6, 6.07) is 9.93. The first-order valence-electron chi connectivity index (χ1n) is 8.74. The zero-order chi connectivity index (χ0) is 19.4. The molecule has 2 aromatic carbocycles. The van der Waals surface area contributed by atoms with Crippen LogP contribution in [0.2, 0.25) is 0 Å². The number of sulfonamides is 1. The average Bonchev–Trinajstić information content (AvgIpc) is 2.63. The summed E-state index contributed by atoms with van der Waals surface area (Å²) >= 11 is 0. The van der Waals surface area contributed by atoms with Gasteiger partial charge in [0, 0.05) is 32.7 Å². The Morgan fingerprint density at radius 2 is 1.74 bits per heavy atom. The lowest BCUT2D eigenvalue weighted by Crippen LogP contribution is -2.49. The monoisotopic (exact) mass is 396 g/mol. The van der Waals surface area contributed by atoms with Gasteiger partial charge in [-0.05, 0) is 42.8 Å². The number of ether oxygens (including phenoxy) is 1.